The lowest BCUT2D eigenvalue weighted by atomic mass is 10.0. The number of para-hydroxylation sites is 1. The zero-order chi connectivity index (χ0) is 26.4. The van der Waals surface area contributed by atoms with E-state index in [1.54, 1.807) is 43.5 Å². The average molecular weight is 499 g/mol. The molecule has 0 aliphatic rings. The molecule has 1 heterocycles. The van der Waals surface area contributed by atoms with Crippen molar-refractivity contribution in [2.75, 3.05) is 38.4 Å². The van der Waals surface area contributed by atoms with Gasteiger partial charge in [-0.2, -0.15) is 0 Å². The second-order valence-electron chi connectivity index (χ2n) is 8.89. The van der Waals surface area contributed by atoms with Crippen LogP contribution in [0.4, 0.5) is 11.5 Å². The Morgan fingerprint density at radius 2 is 1.78 bits per heavy atom. The number of rotatable bonds is 10. The Labute approximate surface area is 215 Å². The second kappa shape index (κ2) is 11.5. The molecule has 4 rings (SSSR count). The summed E-state index contributed by atoms with van der Waals surface area (Å²) < 4.78 is 5.17. The van der Waals surface area contributed by atoms with Crippen molar-refractivity contribution in [1.82, 2.24) is 14.9 Å². The van der Waals surface area contributed by atoms with Gasteiger partial charge in [0.1, 0.15) is 17.9 Å². The molecule has 0 fully saturated rings. The number of anilines is 2. The molecule has 1 unspecified atom stereocenters. The van der Waals surface area contributed by atoms with E-state index in [1.165, 1.54) is 6.33 Å². The maximum atomic E-state index is 12.8. The van der Waals surface area contributed by atoms with Crippen molar-refractivity contribution in [2.24, 2.45) is 5.73 Å². The summed E-state index contributed by atoms with van der Waals surface area (Å²) in [5.41, 5.74) is 8.58. The minimum absolute atomic E-state index is 0.129. The van der Waals surface area contributed by atoms with Crippen molar-refractivity contribution in [2.45, 2.75) is 12.5 Å². The number of primary amides is 1. The summed E-state index contributed by atoms with van der Waals surface area (Å²) in [6, 6.07) is 19.8. The Kier molecular flexibility index (Phi) is 7.95. The quantitative estimate of drug-likeness (QED) is 0.301. The summed E-state index contributed by atoms with van der Waals surface area (Å²) >= 11 is 0. The Morgan fingerprint density at radius 3 is 2.49 bits per heavy atom. The molecule has 37 heavy (non-hydrogen) atoms. The molecule has 9 heteroatoms. The minimum Gasteiger partial charge on any atom is -0.497 e. The van der Waals surface area contributed by atoms with Crippen molar-refractivity contribution in [3.63, 3.8) is 0 Å². The summed E-state index contributed by atoms with van der Waals surface area (Å²) in [5.74, 6) is 0.538. The van der Waals surface area contributed by atoms with Gasteiger partial charge in [0.05, 0.1) is 24.2 Å². The third-order valence-corrected chi connectivity index (χ3v) is 6.01. The first-order valence-electron chi connectivity index (χ1n) is 11.9. The third kappa shape index (κ3) is 6.20. The standard InChI is InChI=1S/C28H30N6O3/c1-34(2)15-14-24(33-27-23-9-5-8-22(26(29)35)25(23)30-17-31-27)19-6-4-7-20(16-19)32-28(36)18-10-12-21(37-3)13-11-18/h4-13,16-17,24H,14-15H2,1-3H3,(H2,29,35)(H,32,36)(H,30,31,33). The summed E-state index contributed by atoms with van der Waals surface area (Å²) in [7, 11) is 5.62. The topological polar surface area (TPSA) is 122 Å². The van der Waals surface area contributed by atoms with Gasteiger partial charge in [-0.25, -0.2) is 9.97 Å². The van der Waals surface area contributed by atoms with Gasteiger partial charge < -0.3 is 26.0 Å². The molecule has 3 aromatic carbocycles. The van der Waals surface area contributed by atoms with Crippen LogP contribution in [0.25, 0.3) is 10.9 Å². The largest absolute Gasteiger partial charge is 0.497 e. The van der Waals surface area contributed by atoms with Crippen molar-refractivity contribution in [3.05, 3.63) is 89.7 Å². The highest BCUT2D eigenvalue weighted by Gasteiger charge is 2.17. The monoisotopic (exact) mass is 498 g/mol. The van der Waals surface area contributed by atoms with Crippen LogP contribution in [0.1, 0.15) is 38.7 Å². The lowest BCUT2D eigenvalue weighted by Crippen LogP contribution is -2.21. The van der Waals surface area contributed by atoms with E-state index in [2.05, 4.69) is 25.5 Å². The second-order valence-corrected chi connectivity index (χ2v) is 8.89. The van der Waals surface area contributed by atoms with Gasteiger partial charge in [-0.3, -0.25) is 9.59 Å². The molecule has 1 atom stereocenters. The first-order chi connectivity index (χ1) is 17.9. The van der Waals surface area contributed by atoms with E-state index < -0.39 is 5.91 Å². The smallest absolute Gasteiger partial charge is 0.255 e. The van der Waals surface area contributed by atoms with Crippen molar-refractivity contribution < 1.29 is 14.3 Å². The number of amides is 2. The molecule has 9 nitrogen and oxygen atoms in total. The fourth-order valence-electron chi connectivity index (χ4n) is 4.05. The molecule has 0 radical (unpaired) electrons. The highest BCUT2D eigenvalue weighted by molar-refractivity contribution is 6.07. The number of nitrogens with zero attached hydrogens (tertiary/aromatic N) is 3. The minimum atomic E-state index is -0.542. The molecular weight excluding hydrogens is 468 g/mol. The number of ether oxygens (including phenoxy) is 1. The van der Waals surface area contributed by atoms with Crippen molar-refractivity contribution in [1.29, 1.82) is 0 Å². The number of carbonyl (C=O) groups is 2. The molecule has 0 saturated heterocycles. The molecule has 190 valence electrons. The molecule has 0 saturated carbocycles. The molecule has 0 spiro atoms. The number of carbonyl (C=O) groups excluding carboxylic acids is 2. The molecule has 4 N–H and O–H groups in total. The van der Waals surface area contributed by atoms with Crippen LogP contribution < -0.4 is 21.1 Å². The molecule has 4 aromatic rings. The van der Waals surface area contributed by atoms with Gasteiger partial charge in [0.15, 0.2) is 0 Å². The number of nitrogens with one attached hydrogen (secondary N) is 2. The summed E-state index contributed by atoms with van der Waals surface area (Å²) in [6.45, 7) is 0.815. The Bertz CT molecular complexity index is 1400. The first kappa shape index (κ1) is 25.6. The molecule has 0 aliphatic heterocycles. The molecule has 2 amide bonds. The van der Waals surface area contributed by atoms with Crippen LogP contribution >= 0.6 is 0 Å². The van der Waals surface area contributed by atoms with Gasteiger partial charge >= 0.3 is 0 Å². The van der Waals surface area contributed by atoms with Crippen LogP contribution in [0, 0.1) is 0 Å². The van der Waals surface area contributed by atoms with E-state index in [9.17, 15) is 9.59 Å². The predicted octanol–water partition coefficient (Wildman–Crippen LogP) is 4.09. The number of hydrogen-bond donors (Lipinski definition) is 3. The van der Waals surface area contributed by atoms with E-state index in [4.69, 9.17) is 10.5 Å². The van der Waals surface area contributed by atoms with E-state index in [-0.39, 0.29) is 11.9 Å². The van der Waals surface area contributed by atoms with Gasteiger partial charge in [0, 0.05) is 16.6 Å². The summed E-state index contributed by atoms with van der Waals surface area (Å²) in [6.07, 6.45) is 2.19. The lowest BCUT2D eigenvalue weighted by Gasteiger charge is -2.23. The predicted molar refractivity (Wildman–Crippen MR) is 145 cm³/mol. The average Bonchev–Trinajstić information content (AvgIpc) is 2.90. The zero-order valence-corrected chi connectivity index (χ0v) is 21.1. The molecule has 0 bridgehead atoms. The fraction of sp³-hybridized carbons (Fsp3) is 0.214. The van der Waals surface area contributed by atoms with Gasteiger partial charge in [-0.05, 0) is 81.2 Å². The van der Waals surface area contributed by atoms with Crippen molar-refractivity contribution in [3.8, 4) is 5.75 Å². The number of nitrogens with two attached hydrogens (primary N) is 1. The first-order valence-corrected chi connectivity index (χ1v) is 11.9. The van der Waals surface area contributed by atoms with Gasteiger partial charge in [-0.15, -0.1) is 0 Å². The molecule has 0 aliphatic carbocycles. The highest BCUT2D eigenvalue weighted by Crippen LogP contribution is 2.29. The maximum absolute atomic E-state index is 12.8. The van der Waals surface area contributed by atoms with Crippen LogP contribution in [0.5, 0.6) is 5.75 Å². The Hall–Kier alpha value is -4.50. The van der Waals surface area contributed by atoms with Crippen LogP contribution in [-0.4, -0.2) is 54.4 Å². The van der Waals surface area contributed by atoms with Gasteiger partial charge in [-0.1, -0.05) is 18.2 Å². The number of methoxy groups -OCH3 is 1. The molecular formula is C28H30N6O3. The van der Waals surface area contributed by atoms with E-state index in [0.29, 0.717) is 39.3 Å². The SMILES string of the molecule is COc1ccc(C(=O)Nc2cccc(C(CCN(C)C)Nc3ncnc4c(C(N)=O)cccc34)c2)cc1. The highest BCUT2D eigenvalue weighted by atomic mass is 16.5. The number of benzene rings is 3. The van der Waals surface area contributed by atoms with E-state index in [1.807, 2.05) is 44.4 Å². The number of fused-ring (bicyclic) bond motifs is 1. The van der Waals surface area contributed by atoms with Crippen LogP contribution in [0.15, 0.2) is 73.1 Å². The van der Waals surface area contributed by atoms with Gasteiger partial charge in [0.25, 0.3) is 11.8 Å². The van der Waals surface area contributed by atoms with Crippen molar-refractivity contribution >= 4 is 34.2 Å². The fourth-order valence-corrected chi connectivity index (χ4v) is 4.05. The number of hydrogen-bond acceptors (Lipinski definition) is 7. The van der Waals surface area contributed by atoms with E-state index >= 15 is 0 Å². The third-order valence-electron chi connectivity index (χ3n) is 6.01. The Balaban J connectivity index is 1.62. The summed E-state index contributed by atoms with van der Waals surface area (Å²) in [5, 5.41) is 7.21. The maximum Gasteiger partial charge on any atom is 0.255 e. The Morgan fingerprint density at radius 1 is 1.03 bits per heavy atom. The summed E-state index contributed by atoms with van der Waals surface area (Å²) in [4.78, 5) is 35.6. The molecule has 1 aromatic heterocycles. The van der Waals surface area contributed by atoms with Crippen LogP contribution in [-0.2, 0) is 0 Å². The normalized spacial score (nSPS) is 11.8. The number of aromatic nitrogens is 2. The van der Waals surface area contributed by atoms with Gasteiger partial charge in [0.2, 0.25) is 0 Å². The van der Waals surface area contributed by atoms with E-state index in [0.717, 1.165) is 18.5 Å². The zero-order valence-electron chi connectivity index (χ0n) is 21.1. The van der Waals surface area contributed by atoms with Crippen LogP contribution in [0.3, 0.4) is 0 Å². The van der Waals surface area contributed by atoms with Crippen LogP contribution in [0.2, 0.25) is 0 Å². The lowest BCUT2D eigenvalue weighted by molar-refractivity contribution is 0.0998.